The zero-order chi connectivity index (χ0) is 16.1. The average molecular weight is 328 g/mol. The summed E-state index contributed by atoms with van der Waals surface area (Å²) >= 11 is 0. The zero-order valence-corrected chi connectivity index (χ0v) is 12.7. The Labute approximate surface area is 121 Å². The smallest absolute Gasteiger partial charge is 0.313 e. The third-order valence-corrected chi connectivity index (χ3v) is 4.66. The van der Waals surface area contributed by atoms with Gasteiger partial charge in [0.05, 0.1) is 6.20 Å². The van der Waals surface area contributed by atoms with Gasteiger partial charge in [0.1, 0.15) is 6.54 Å². The van der Waals surface area contributed by atoms with Crippen molar-refractivity contribution >= 4 is 10.0 Å². The second-order valence-corrected chi connectivity index (χ2v) is 6.32. The molecule has 6 nitrogen and oxygen atoms in total. The van der Waals surface area contributed by atoms with Crippen LogP contribution < -0.4 is 5.32 Å². The number of hydrogen-bond donors (Lipinski definition) is 2. The Hall–Kier alpha value is -1.13. The van der Waals surface area contributed by atoms with E-state index in [1.807, 2.05) is 6.92 Å². The highest BCUT2D eigenvalue weighted by Gasteiger charge is 2.37. The summed E-state index contributed by atoms with van der Waals surface area (Å²) in [6, 6.07) is 0. The number of aromatic nitrogens is 2. The highest BCUT2D eigenvalue weighted by atomic mass is 32.2. The molecule has 0 atom stereocenters. The van der Waals surface area contributed by atoms with Gasteiger partial charge in [0, 0.05) is 18.7 Å². The second kappa shape index (κ2) is 7.23. The molecule has 0 aliphatic carbocycles. The number of alkyl halides is 3. The van der Waals surface area contributed by atoms with Gasteiger partial charge >= 0.3 is 6.18 Å². The van der Waals surface area contributed by atoms with E-state index in [0.29, 0.717) is 16.4 Å². The molecule has 10 heteroatoms. The van der Waals surface area contributed by atoms with E-state index >= 15 is 0 Å². The molecule has 0 saturated carbocycles. The van der Waals surface area contributed by atoms with Gasteiger partial charge in [-0.05, 0) is 13.0 Å². The molecule has 0 fully saturated rings. The van der Waals surface area contributed by atoms with Crippen molar-refractivity contribution in [2.45, 2.75) is 38.0 Å². The minimum atomic E-state index is -4.59. The molecule has 0 saturated heterocycles. The Morgan fingerprint density at radius 3 is 2.57 bits per heavy atom. The van der Waals surface area contributed by atoms with Crippen molar-refractivity contribution in [3.05, 3.63) is 11.8 Å². The van der Waals surface area contributed by atoms with Crippen LogP contribution in [0.15, 0.2) is 11.2 Å². The van der Waals surface area contributed by atoms with Gasteiger partial charge in [-0.2, -0.15) is 22.6 Å². The molecule has 0 radical (unpaired) electrons. The van der Waals surface area contributed by atoms with E-state index in [4.69, 9.17) is 0 Å². The second-order valence-electron chi connectivity index (χ2n) is 4.45. The average Bonchev–Trinajstić information content (AvgIpc) is 2.84. The lowest BCUT2D eigenvalue weighted by molar-refractivity contribution is -0.135. The molecule has 2 N–H and O–H groups in total. The fourth-order valence-electron chi connectivity index (χ4n) is 1.74. The molecule has 0 aliphatic heterocycles. The third-order valence-electron chi connectivity index (χ3n) is 2.73. The largest absolute Gasteiger partial charge is 0.402 e. The first-order valence-electron chi connectivity index (χ1n) is 6.52. The lowest BCUT2D eigenvalue weighted by Gasteiger charge is -2.21. The number of halogens is 3. The lowest BCUT2D eigenvalue weighted by Crippen LogP contribution is -2.39. The lowest BCUT2D eigenvalue weighted by atomic mass is 10.3. The van der Waals surface area contributed by atoms with E-state index in [1.54, 1.807) is 0 Å². The van der Waals surface area contributed by atoms with Crippen LogP contribution in [0.4, 0.5) is 13.2 Å². The highest BCUT2D eigenvalue weighted by Crippen LogP contribution is 2.23. The van der Waals surface area contributed by atoms with E-state index in [9.17, 15) is 21.6 Å². The van der Waals surface area contributed by atoms with Gasteiger partial charge in [0.25, 0.3) is 10.0 Å². The predicted molar refractivity (Wildman–Crippen MR) is 71.1 cm³/mol. The van der Waals surface area contributed by atoms with Crippen molar-refractivity contribution in [3.8, 4) is 0 Å². The Balaban J connectivity index is 2.98. The summed E-state index contributed by atoms with van der Waals surface area (Å²) in [4.78, 5) is 0. The van der Waals surface area contributed by atoms with Crippen LogP contribution in [-0.2, 0) is 16.6 Å². The summed E-state index contributed by atoms with van der Waals surface area (Å²) in [6.07, 6.45) is -2.43. The van der Waals surface area contributed by atoms with Gasteiger partial charge in [-0.15, -0.1) is 0 Å². The van der Waals surface area contributed by atoms with Crippen LogP contribution in [0.1, 0.15) is 25.8 Å². The number of rotatable bonds is 8. The molecule has 1 aromatic rings. The first kappa shape index (κ1) is 17.9. The molecular formula is C11H19F3N4O2S. The molecule has 1 heterocycles. The van der Waals surface area contributed by atoms with E-state index in [-0.39, 0.29) is 18.1 Å². The first-order chi connectivity index (χ1) is 9.72. The zero-order valence-electron chi connectivity index (χ0n) is 11.9. The van der Waals surface area contributed by atoms with Crippen molar-refractivity contribution in [2.75, 3.05) is 19.6 Å². The maximum Gasteiger partial charge on any atom is 0.402 e. The van der Waals surface area contributed by atoms with Crippen LogP contribution >= 0.6 is 0 Å². The van der Waals surface area contributed by atoms with Crippen LogP contribution in [0, 0.1) is 0 Å². The summed E-state index contributed by atoms with van der Waals surface area (Å²) in [5.74, 6) is 0. The summed E-state index contributed by atoms with van der Waals surface area (Å²) in [7, 11) is -4.25. The Bertz CT molecular complexity index is 542. The molecule has 0 aromatic carbocycles. The van der Waals surface area contributed by atoms with E-state index in [0.717, 1.165) is 6.42 Å². The van der Waals surface area contributed by atoms with Crippen molar-refractivity contribution < 1.29 is 21.6 Å². The molecule has 0 spiro atoms. The van der Waals surface area contributed by atoms with Gasteiger partial charge in [-0.3, -0.25) is 5.10 Å². The molecule has 0 amide bonds. The summed E-state index contributed by atoms with van der Waals surface area (Å²) in [6.45, 7) is 2.40. The monoisotopic (exact) mass is 328 g/mol. The number of nitrogens with one attached hydrogen (secondary N) is 2. The number of aromatic amines is 1. The standard InChI is InChI=1S/C11H19F3N4O2S/c1-3-5-15-6-9-7-16-17-10(9)21(19,20)18(4-2)8-11(12,13)14/h7,15H,3-6,8H2,1-2H3,(H,16,17). The Kier molecular flexibility index (Phi) is 6.17. The number of H-pyrrole nitrogens is 1. The topological polar surface area (TPSA) is 78.1 Å². The Morgan fingerprint density at radius 1 is 1.38 bits per heavy atom. The first-order valence-corrected chi connectivity index (χ1v) is 7.96. The minimum Gasteiger partial charge on any atom is -0.313 e. The molecule has 1 rings (SSSR count). The molecular weight excluding hydrogens is 309 g/mol. The molecule has 21 heavy (non-hydrogen) atoms. The maximum atomic E-state index is 12.5. The van der Waals surface area contributed by atoms with Crippen molar-refractivity contribution in [2.24, 2.45) is 0 Å². The predicted octanol–water partition coefficient (Wildman–Crippen LogP) is 1.48. The van der Waals surface area contributed by atoms with Gasteiger partial charge in [-0.25, -0.2) is 8.42 Å². The van der Waals surface area contributed by atoms with Gasteiger partial charge < -0.3 is 5.32 Å². The van der Waals surface area contributed by atoms with Crippen LogP contribution in [0.2, 0.25) is 0 Å². The molecule has 0 aliphatic rings. The minimum absolute atomic E-state index is 0.225. The van der Waals surface area contributed by atoms with E-state index < -0.39 is 22.7 Å². The SMILES string of the molecule is CCCNCc1cn[nH]c1S(=O)(=O)N(CC)CC(F)(F)F. The van der Waals surface area contributed by atoms with Crippen molar-refractivity contribution in [3.63, 3.8) is 0 Å². The summed E-state index contributed by atoms with van der Waals surface area (Å²) in [5.41, 5.74) is 0.323. The molecule has 0 bridgehead atoms. The fourth-order valence-corrected chi connectivity index (χ4v) is 3.28. The van der Waals surface area contributed by atoms with Gasteiger partial charge in [-0.1, -0.05) is 13.8 Å². The van der Waals surface area contributed by atoms with Gasteiger partial charge in [0.15, 0.2) is 5.03 Å². The number of hydrogen-bond acceptors (Lipinski definition) is 4. The third kappa shape index (κ3) is 4.97. The van der Waals surface area contributed by atoms with E-state index in [2.05, 4.69) is 15.5 Å². The molecule has 0 unspecified atom stereocenters. The highest BCUT2D eigenvalue weighted by molar-refractivity contribution is 7.89. The van der Waals surface area contributed by atoms with Crippen LogP contribution in [-0.4, -0.2) is 48.7 Å². The Morgan fingerprint density at radius 2 is 2.05 bits per heavy atom. The normalized spacial score (nSPS) is 13.0. The van der Waals surface area contributed by atoms with Crippen LogP contribution in [0.3, 0.4) is 0 Å². The van der Waals surface area contributed by atoms with Crippen molar-refractivity contribution in [1.82, 2.24) is 19.8 Å². The maximum absolute atomic E-state index is 12.5. The van der Waals surface area contributed by atoms with Crippen LogP contribution in [0.25, 0.3) is 0 Å². The van der Waals surface area contributed by atoms with E-state index in [1.165, 1.54) is 13.1 Å². The number of sulfonamides is 1. The van der Waals surface area contributed by atoms with Crippen molar-refractivity contribution in [1.29, 1.82) is 0 Å². The molecule has 122 valence electrons. The summed E-state index contributed by atoms with van der Waals surface area (Å²) < 4.78 is 62.4. The molecule has 1 aromatic heterocycles. The number of nitrogens with zero attached hydrogens (tertiary/aromatic N) is 2. The quantitative estimate of drug-likeness (QED) is 0.709. The fraction of sp³-hybridized carbons (Fsp3) is 0.727. The summed E-state index contributed by atoms with van der Waals surface area (Å²) in [5, 5.41) is 8.61. The van der Waals surface area contributed by atoms with Crippen LogP contribution in [0.5, 0.6) is 0 Å². The van der Waals surface area contributed by atoms with Gasteiger partial charge in [0.2, 0.25) is 0 Å².